The maximum Gasteiger partial charge on any atom is 0.319 e. The van der Waals surface area contributed by atoms with E-state index in [2.05, 4.69) is 39.8 Å². The van der Waals surface area contributed by atoms with Crippen LogP contribution in [0.5, 0.6) is 0 Å². The summed E-state index contributed by atoms with van der Waals surface area (Å²) in [5.74, 6) is 0.473. The molecule has 5 heteroatoms. The zero-order valence-electron chi connectivity index (χ0n) is 12.8. The molecule has 23 heavy (non-hydrogen) atoms. The fourth-order valence-corrected chi connectivity index (χ4v) is 3.04. The Balaban J connectivity index is 1.45. The Morgan fingerprint density at radius 3 is 2.78 bits per heavy atom. The molecule has 0 aliphatic carbocycles. The largest absolute Gasteiger partial charge is 0.371 e. The topological polar surface area (TPSA) is 44.4 Å². The molecular formula is C18H20ClN3O. The van der Waals surface area contributed by atoms with Crippen LogP contribution in [0.15, 0.2) is 54.6 Å². The summed E-state index contributed by atoms with van der Waals surface area (Å²) in [6, 6.07) is 17.3. The molecule has 1 fully saturated rings. The molecule has 120 valence electrons. The van der Waals surface area contributed by atoms with Gasteiger partial charge in [0.05, 0.1) is 0 Å². The zero-order chi connectivity index (χ0) is 16.1. The summed E-state index contributed by atoms with van der Waals surface area (Å²) in [7, 11) is 0. The highest BCUT2D eigenvalue weighted by Crippen LogP contribution is 2.23. The number of nitrogens with zero attached hydrogens (tertiary/aromatic N) is 1. The standard InChI is InChI=1S/C18H20ClN3O/c19-15-5-4-6-16(11-15)21-18(23)20-12-14-9-10-22(13-14)17-7-2-1-3-8-17/h1-8,11,14H,9-10,12-13H2,(H2,20,21,23). The van der Waals surface area contributed by atoms with E-state index in [1.807, 2.05) is 18.2 Å². The quantitative estimate of drug-likeness (QED) is 0.890. The number of benzene rings is 2. The van der Waals surface area contributed by atoms with E-state index in [0.717, 1.165) is 19.5 Å². The molecule has 3 rings (SSSR count). The van der Waals surface area contributed by atoms with Gasteiger partial charge in [-0.1, -0.05) is 35.9 Å². The van der Waals surface area contributed by atoms with Crippen LogP contribution in [-0.4, -0.2) is 25.7 Å². The van der Waals surface area contributed by atoms with Gasteiger partial charge in [-0.15, -0.1) is 0 Å². The lowest BCUT2D eigenvalue weighted by Gasteiger charge is -2.18. The molecule has 1 unspecified atom stereocenters. The maximum atomic E-state index is 12.0. The minimum absolute atomic E-state index is 0.189. The molecule has 2 amide bonds. The van der Waals surface area contributed by atoms with Gasteiger partial charge in [0.1, 0.15) is 0 Å². The van der Waals surface area contributed by atoms with Gasteiger partial charge in [-0.3, -0.25) is 0 Å². The van der Waals surface area contributed by atoms with Crippen LogP contribution < -0.4 is 15.5 Å². The van der Waals surface area contributed by atoms with Crippen molar-refractivity contribution in [3.8, 4) is 0 Å². The van der Waals surface area contributed by atoms with Crippen molar-refractivity contribution in [1.82, 2.24) is 5.32 Å². The third kappa shape index (κ3) is 4.39. The van der Waals surface area contributed by atoms with Gasteiger partial charge in [0.15, 0.2) is 0 Å². The Bertz CT molecular complexity index is 662. The van der Waals surface area contributed by atoms with Gasteiger partial charge in [-0.2, -0.15) is 0 Å². The lowest BCUT2D eigenvalue weighted by atomic mass is 10.1. The SMILES string of the molecule is O=C(NCC1CCN(c2ccccc2)C1)Nc1cccc(Cl)c1. The van der Waals surface area contributed by atoms with Crippen LogP contribution in [0, 0.1) is 5.92 Å². The van der Waals surface area contributed by atoms with Gasteiger partial charge in [-0.05, 0) is 42.7 Å². The second kappa shape index (κ2) is 7.38. The van der Waals surface area contributed by atoms with Crippen LogP contribution in [0.2, 0.25) is 5.02 Å². The van der Waals surface area contributed by atoms with Gasteiger partial charge in [0.2, 0.25) is 0 Å². The van der Waals surface area contributed by atoms with Crippen LogP contribution in [0.1, 0.15) is 6.42 Å². The number of para-hydroxylation sites is 1. The van der Waals surface area contributed by atoms with Crippen molar-refractivity contribution in [2.45, 2.75) is 6.42 Å². The highest BCUT2D eigenvalue weighted by atomic mass is 35.5. The van der Waals surface area contributed by atoms with Gasteiger partial charge >= 0.3 is 6.03 Å². The van der Waals surface area contributed by atoms with E-state index >= 15 is 0 Å². The fraction of sp³-hybridized carbons (Fsp3) is 0.278. The van der Waals surface area contributed by atoms with Crippen molar-refractivity contribution in [1.29, 1.82) is 0 Å². The number of carbonyl (C=O) groups excluding carboxylic acids is 1. The Hall–Kier alpha value is -2.20. The summed E-state index contributed by atoms with van der Waals surface area (Å²) in [5.41, 5.74) is 1.95. The zero-order valence-corrected chi connectivity index (χ0v) is 13.6. The average molecular weight is 330 g/mol. The first-order valence-corrected chi connectivity index (χ1v) is 8.19. The first kappa shape index (κ1) is 15.7. The minimum atomic E-state index is -0.189. The number of nitrogens with one attached hydrogen (secondary N) is 2. The van der Waals surface area contributed by atoms with Crippen LogP contribution in [0.4, 0.5) is 16.2 Å². The number of amides is 2. The van der Waals surface area contributed by atoms with Crippen LogP contribution in [-0.2, 0) is 0 Å². The molecule has 1 heterocycles. The molecule has 1 atom stereocenters. The third-order valence-electron chi connectivity index (χ3n) is 4.04. The Labute approximate surface area is 141 Å². The Morgan fingerprint density at radius 1 is 1.17 bits per heavy atom. The molecule has 2 aromatic carbocycles. The van der Waals surface area contributed by atoms with E-state index in [1.165, 1.54) is 5.69 Å². The molecule has 0 spiro atoms. The Morgan fingerprint density at radius 2 is 2.00 bits per heavy atom. The van der Waals surface area contributed by atoms with E-state index in [9.17, 15) is 4.79 Å². The smallest absolute Gasteiger partial charge is 0.319 e. The second-order valence-electron chi connectivity index (χ2n) is 5.78. The van der Waals surface area contributed by atoms with Crippen molar-refractivity contribution in [2.75, 3.05) is 29.9 Å². The monoisotopic (exact) mass is 329 g/mol. The summed E-state index contributed by atoms with van der Waals surface area (Å²) in [6.07, 6.45) is 1.09. The summed E-state index contributed by atoms with van der Waals surface area (Å²) < 4.78 is 0. The summed E-state index contributed by atoms with van der Waals surface area (Å²) in [4.78, 5) is 14.3. The van der Waals surface area contributed by atoms with Crippen molar-refractivity contribution < 1.29 is 4.79 Å². The molecule has 4 nitrogen and oxygen atoms in total. The molecule has 1 saturated heterocycles. The molecule has 2 N–H and O–H groups in total. The molecule has 0 aromatic heterocycles. The third-order valence-corrected chi connectivity index (χ3v) is 4.28. The number of hydrogen-bond donors (Lipinski definition) is 2. The van der Waals surface area contributed by atoms with Crippen molar-refractivity contribution in [3.63, 3.8) is 0 Å². The fourth-order valence-electron chi connectivity index (χ4n) is 2.85. The van der Waals surface area contributed by atoms with Gasteiger partial charge < -0.3 is 15.5 Å². The van der Waals surface area contributed by atoms with Crippen molar-refractivity contribution >= 4 is 29.0 Å². The number of hydrogen-bond acceptors (Lipinski definition) is 2. The second-order valence-corrected chi connectivity index (χ2v) is 6.22. The first-order chi connectivity index (χ1) is 11.2. The summed E-state index contributed by atoms with van der Waals surface area (Å²) in [5, 5.41) is 6.35. The van der Waals surface area contributed by atoms with Crippen molar-refractivity contribution in [3.05, 3.63) is 59.6 Å². The number of rotatable bonds is 4. The average Bonchev–Trinajstić information content (AvgIpc) is 3.03. The minimum Gasteiger partial charge on any atom is -0.371 e. The predicted molar refractivity (Wildman–Crippen MR) is 95.2 cm³/mol. The first-order valence-electron chi connectivity index (χ1n) is 7.81. The maximum absolute atomic E-state index is 12.0. The number of halogens is 1. The lowest BCUT2D eigenvalue weighted by Crippen LogP contribution is -2.34. The molecular weight excluding hydrogens is 310 g/mol. The molecule has 1 aliphatic heterocycles. The summed E-state index contributed by atoms with van der Waals surface area (Å²) in [6.45, 7) is 2.68. The number of anilines is 2. The van der Waals surface area contributed by atoms with Crippen LogP contribution >= 0.6 is 11.6 Å². The molecule has 0 radical (unpaired) electrons. The van der Waals surface area contributed by atoms with E-state index in [1.54, 1.807) is 12.1 Å². The van der Waals surface area contributed by atoms with E-state index in [0.29, 0.717) is 23.2 Å². The van der Waals surface area contributed by atoms with Gasteiger partial charge in [-0.25, -0.2) is 4.79 Å². The molecule has 0 bridgehead atoms. The highest BCUT2D eigenvalue weighted by molar-refractivity contribution is 6.30. The molecule has 1 aliphatic rings. The Kier molecular flexibility index (Phi) is 5.03. The van der Waals surface area contributed by atoms with Gasteiger partial charge in [0.25, 0.3) is 0 Å². The molecule has 2 aromatic rings. The van der Waals surface area contributed by atoms with Crippen molar-refractivity contribution in [2.24, 2.45) is 5.92 Å². The lowest BCUT2D eigenvalue weighted by molar-refractivity contribution is 0.250. The predicted octanol–water partition coefficient (Wildman–Crippen LogP) is 3.99. The number of urea groups is 1. The van der Waals surface area contributed by atoms with E-state index in [-0.39, 0.29) is 6.03 Å². The van der Waals surface area contributed by atoms with Crippen LogP contribution in [0.25, 0.3) is 0 Å². The highest BCUT2D eigenvalue weighted by Gasteiger charge is 2.22. The van der Waals surface area contributed by atoms with E-state index in [4.69, 9.17) is 11.6 Å². The van der Waals surface area contributed by atoms with Crippen LogP contribution in [0.3, 0.4) is 0 Å². The summed E-state index contributed by atoms with van der Waals surface area (Å²) >= 11 is 5.91. The van der Waals surface area contributed by atoms with Gasteiger partial charge in [0, 0.05) is 36.0 Å². The van der Waals surface area contributed by atoms with E-state index < -0.39 is 0 Å². The number of carbonyl (C=O) groups is 1. The normalized spacial score (nSPS) is 17.1. The molecule has 0 saturated carbocycles.